The maximum Gasteiger partial charge on any atom is 0.224 e. The normalized spacial score (nSPS) is 19.1. The smallest absolute Gasteiger partial charge is 0.224 e. The van der Waals surface area contributed by atoms with Crippen LogP contribution in [0.4, 0.5) is 0 Å². The van der Waals surface area contributed by atoms with Gasteiger partial charge in [0.25, 0.3) is 0 Å². The van der Waals surface area contributed by atoms with Crippen molar-refractivity contribution in [1.82, 2.24) is 10.2 Å². The maximum atomic E-state index is 11.9. The molecular formula is C18H27ClN2O. The van der Waals surface area contributed by atoms with Crippen LogP contribution in [0.15, 0.2) is 24.3 Å². The number of halogens is 1. The Bertz CT molecular complexity index is 478. The van der Waals surface area contributed by atoms with Crippen LogP contribution in [-0.4, -0.2) is 36.5 Å². The number of hydrogen-bond acceptors (Lipinski definition) is 2. The summed E-state index contributed by atoms with van der Waals surface area (Å²) in [5.41, 5.74) is 0.965. The summed E-state index contributed by atoms with van der Waals surface area (Å²) in [5, 5.41) is 3.70. The zero-order valence-corrected chi connectivity index (χ0v) is 14.2. The average Bonchev–Trinajstić information content (AvgIpc) is 2.52. The first-order valence-electron chi connectivity index (χ1n) is 8.44. The molecular weight excluding hydrogens is 296 g/mol. The highest BCUT2D eigenvalue weighted by atomic mass is 35.5. The molecule has 1 aliphatic heterocycles. The van der Waals surface area contributed by atoms with Gasteiger partial charge in [-0.05, 0) is 49.9 Å². The number of nitrogens with one attached hydrogen (secondary N) is 1. The van der Waals surface area contributed by atoms with Crippen LogP contribution in [0.5, 0.6) is 0 Å². The molecule has 4 heteroatoms. The molecule has 1 amide bonds. The van der Waals surface area contributed by atoms with E-state index >= 15 is 0 Å². The van der Waals surface area contributed by atoms with Crippen LogP contribution in [0.25, 0.3) is 0 Å². The summed E-state index contributed by atoms with van der Waals surface area (Å²) in [6.45, 7) is 5.34. The second-order valence-corrected chi connectivity index (χ2v) is 6.54. The second kappa shape index (κ2) is 9.16. The molecule has 3 nitrogen and oxygen atoms in total. The van der Waals surface area contributed by atoms with Crippen LogP contribution >= 0.6 is 11.6 Å². The number of carbonyl (C=O) groups is 1. The predicted octanol–water partition coefficient (Wildman–Crippen LogP) is 3.65. The molecule has 0 unspecified atom stereocenters. The molecule has 1 N–H and O–H groups in total. The molecule has 22 heavy (non-hydrogen) atoms. The summed E-state index contributed by atoms with van der Waals surface area (Å²) >= 11 is 5.93. The summed E-state index contributed by atoms with van der Waals surface area (Å²) in [6.07, 6.45) is 6.68. The third-order valence-corrected chi connectivity index (χ3v) is 4.65. The van der Waals surface area contributed by atoms with Crippen LogP contribution in [0.3, 0.4) is 0 Å². The monoisotopic (exact) mass is 322 g/mol. The van der Waals surface area contributed by atoms with E-state index in [0.717, 1.165) is 31.1 Å². The lowest BCUT2D eigenvalue weighted by Gasteiger charge is -2.35. The van der Waals surface area contributed by atoms with Gasteiger partial charge < -0.3 is 10.2 Å². The largest absolute Gasteiger partial charge is 0.356 e. The molecule has 122 valence electrons. The van der Waals surface area contributed by atoms with Gasteiger partial charge in [0.05, 0.1) is 6.42 Å². The minimum atomic E-state index is 0.0768. The molecule has 0 aliphatic carbocycles. The fourth-order valence-electron chi connectivity index (χ4n) is 3.22. The van der Waals surface area contributed by atoms with Gasteiger partial charge in [-0.2, -0.15) is 0 Å². The number of carbonyl (C=O) groups excluding carboxylic acids is 1. The van der Waals surface area contributed by atoms with E-state index in [1.807, 2.05) is 24.3 Å². The average molecular weight is 323 g/mol. The zero-order chi connectivity index (χ0) is 15.8. The summed E-state index contributed by atoms with van der Waals surface area (Å²) in [5.74, 6) is 0.0768. The molecule has 0 aromatic heterocycles. The lowest BCUT2D eigenvalue weighted by atomic mass is 10.00. The first-order valence-corrected chi connectivity index (χ1v) is 8.82. The van der Waals surface area contributed by atoms with E-state index in [2.05, 4.69) is 17.1 Å². The minimum Gasteiger partial charge on any atom is -0.356 e. The summed E-state index contributed by atoms with van der Waals surface area (Å²) < 4.78 is 0. The SMILES string of the molecule is CC[C@@H]1CCCCN1CCCNC(=O)Cc1cccc(Cl)c1. The fourth-order valence-corrected chi connectivity index (χ4v) is 3.43. The third-order valence-electron chi connectivity index (χ3n) is 4.42. The van der Waals surface area contributed by atoms with Crippen LogP contribution < -0.4 is 5.32 Å². The Kier molecular flexibility index (Phi) is 7.20. The van der Waals surface area contributed by atoms with Gasteiger partial charge in [-0.1, -0.05) is 37.1 Å². The second-order valence-electron chi connectivity index (χ2n) is 6.10. The maximum absolute atomic E-state index is 11.9. The summed E-state index contributed by atoms with van der Waals surface area (Å²) in [7, 11) is 0. The first kappa shape index (κ1) is 17.3. The molecule has 1 fully saturated rings. The van der Waals surface area contributed by atoms with E-state index in [9.17, 15) is 4.79 Å². The number of benzene rings is 1. The Labute approximate surface area is 139 Å². The van der Waals surface area contributed by atoms with E-state index in [-0.39, 0.29) is 5.91 Å². The van der Waals surface area contributed by atoms with Crippen molar-refractivity contribution in [2.24, 2.45) is 0 Å². The molecule has 1 aliphatic rings. The van der Waals surface area contributed by atoms with Crippen molar-refractivity contribution in [2.45, 2.75) is 51.5 Å². The van der Waals surface area contributed by atoms with E-state index in [0.29, 0.717) is 11.4 Å². The van der Waals surface area contributed by atoms with Gasteiger partial charge in [0.15, 0.2) is 0 Å². The van der Waals surface area contributed by atoms with E-state index in [1.165, 1.54) is 32.2 Å². The lowest BCUT2D eigenvalue weighted by Crippen LogP contribution is -2.40. The van der Waals surface area contributed by atoms with Crippen molar-refractivity contribution >= 4 is 17.5 Å². The number of likely N-dealkylation sites (tertiary alicyclic amines) is 1. The number of piperidine rings is 1. The van der Waals surface area contributed by atoms with Gasteiger partial charge in [0.2, 0.25) is 5.91 Å². The Morgan fingerprint density at radius 1 is 1.41 bits per heavy atom. The van der Waals surface area contributed by atoms with E-state index < -0.39 is 0 Å². The molecule has 1 aromatic carbocycles. The van der Waals surface area contributed by atoms with Crippen molar-refractivity contribution in [3.8, 4) is 0 Å². The Balaban J connectivity index is 1.64. The number of rotatable bonds is 7. The number of nitrogens with zero attached hydrogens (tertiary/aromatic N) is 1. The van der Waals surface area contributed by atoms with E-state index in [1.54, 1.807) is 0 Å². The molecule has 0 spiro atoms. The topological polar surface area (TPSA) is 32.3 Å². The Morgan fingerprint density at radius 3 is 3.05 bits per heavy atom. The van der Waals surface area contributed by atoms with Gasteiger partial charge in [-0.15, -0.1) is 0 Å². The van der Waals surface area contributed by atoms with Crippen LogP contribution in [0.2, 0.25) is 5.02 Å². The van der Waals surface area contributed by atoms with Crippen molar-refractivity contribution in [3.63, 3.8) is 0 Å². The van der Waals surface area contributed by atoms with Crippen molar-refractivity contribution < 1.29 is 4.79 Å². The molecule has 2 rings (SSSR count). The predicted molar refractivity (Wildman–Crippen MR) is 92.3 cm³/mol. The van der Waals surface area contributed by atoms with Gasteiger partial charge in [0, 0.05) is 24.2 Å². The molecule has 1 aromatic rings. The van der Waals surface area contributed by atoms with Crippen LogP contribution in [-0.2, 0) is 11.2 Å². The van der Waals surface area contributed by atoms with Gasteiger partial charge in [0.1, 0.15) is 0 Å². The number of hydrogen-bond donors (Lipinski definition) is 1. The highest BCUT2D eigenvalue weighted by Crippen LogP contribution is 2.19. The molecule has 0 radical (unpaired) electrons. The minimum absolute atomic E-state index is 0.0768. The molecule has 1 atom stereocenters. The molecule has 1 heterocycles. The highest BCUT2D eigenvalue weighted by Gasteiger charge is 2.19. The summed E-state index contributed by atoms with van der Waals surface area (Å²) in [4.78, 5) is 14.5. The van der Waals surface area contributed by atoms with E-state index in [4.69, 9.17) is 11.6 Å². The lowest BCUT2D eigenvalue weighted by molar-refractivity contribution is -0.120. The van der Waals surface area contributed by atoms with Gasteiger partial charge in [-0.25, -0.2) is 0 Å². The standard InChI is InChI=1S/C18H27ClN2O/c1-2-17-9-3-4-11-21(17)12-6-10-20-18(22)14-15-7-5-8-16(19)13-15/h5,7-8,13,17H,2-4,6,9-12,14H2,1H3,(H,20,22)/t17-/m1/s1. The number of amides is 1. The van der Waals surface area contributed by atoms with Gasteiger partial charge >= 0.3 is 0 Å². The van der Waals surface area contributed by atoms with Crippen molar-refractivity contribution in [2.75, 3.05) is 19.6 Å². The van der Waals surface area contributed by atoms with Crippen LogP contribution in [0.1, 0.15) is 44.6 Å². The quantitative estimate of drug-likeness (QED) is 0.777. The first-order chi connectivity index (χ1) is 10.7. The van der Waals surface area contributed by atoms with Crippen LogP contribution in [0, 0.1) is 0 Å². The fraction of sp³-hybridized carbons (Fsp3) is 0.611. The Hall–Kier alpha value is -1.06. The third kappa shape index (κ3) is 5.62. The molecule has 0 saturated carbocycles. The molecule has 0 bridgehead atoms. The van der Waals surface area contributed by atoms with Crippen molar-refractivity contribution in [3.05, 3.63) is 34.9 Å². The molecule has 1 saturated heterocycles. The van der Waals surface area contributed by atoms with Gasteiger partial charge in [-0.3, -0.25) is 4.79 Å². The van der Waals surface area contributed by atoms with Crippen molar-refractivity contribution in [1.29, 1.82) is 0 Å². The Morgan fingerprint density at radius 2 is 2.27 bits per heavy atom. The zero-order valence-electron chi connectivity index (χ0n) is 13.5. The highest BCUT2D eigenvalue weighted by molar-refractivity contribution is 6.30. The summed E-state index contributed by atoms with van der Waals surface area (Å²) in [6, 6.07) is 8.24.